The normalized spacial score (nSPS) is 12.7. The van der Waals surface area contributed by atoms with Gasteiger partial charge in [-0.05, 0) is 17.2 Å². The van der Waals surface area contributed by atoms with Crippen LogP contribution in [-0.4, -0.2) is 31.9 Å². The van der Waals surface area contributed by atoms with E-state index < -0.39 is 23.3 Å². The molecule has 0 bridgehead atoms. The van der Waals surface area contributed by atoms with Crippen LogP contribution in [0, 0.1) is 0 Å². The summed E-state index contributed by atoms with van der Waals surface area (Å²) in [6, 6.07) is 6.96. The summed E-state index contributed by atoms with van der Waals surface area (Å²) in [4.78, 5) is 35.7. The Balaban J connectivity index is 2.76. The molecule has 20 heavy (non-hydrogen) atoms. The molecule has 0 saturated carbocycles. The van der Waals surface area contributed by atoms with Crippen LogP contribution in [0.5, 0.6) is 0 Å². The average Bonchev–Trinajstić information content (AvgIpc) is 2.49. The first-order chi connectivity index (χ1) is 9.60. The molecular weight excluding hydrogens is 260 g/mol. The molecule has 5 nitrogen and oxygen atoms in total. The van der Waals surface area contributed by atoms with Gasteiger partial charge in [-0.25, -0.2) is 9.59 Å². The van der Waals surface area contributed by atoms with Crippen molar-refractivity contribution in [1.29, 1.82) is 0 Å². The van der Waals surface area contributed by atoms with Crippen LogP contribution in [0.1, 0.15) is 11.1 Å². The van der Waals surface area contributed by atoms with Crippen molar-refractivity contribution in [3.05, 3.63) is 47.0 Å². The molecule has 1 aliphatic rings. The summed E-state index contributed by atoms with van der Waals surface area (Å²) in [7, 11) is 2.28. The first-order valence-corrected chi connectivity index (χ1v) is 5.83. The molecule has 0 unspecified atom stereocenters. The first-order valence-electron chi connectivity index (χ1n) is 5.83. The lowest BCUT2D eigenvalue weighted by Crippen LogP contribution is -2.21. The van der Waals surface area contributed by atoms with Gasteiger partial charge >= 0.3 is 11.9 Å². The van der Waals surface area contributed by atoms with Crippen LogP contribution in [0.2, 0.25) is 0 Å². The second-order valence-corrected chi connectivity index (χ2v) is 4.02. The van der Waals surface area contributed by atoms with E-state index in [1.54, 1.807) is 30.3 Å². The largest absolute Gasteiger partial charge is 0.465 e. The fourth-order valence-corrected chi connectivity index (χ4v) is 2.00. The Labute approximate surface area is 115 Å². The zero-order valence-electron chi connectivity index (χ0n) is 11.0. The van der Waals surface area contributed by atoms with Gasteiger partial charge in [-0.2, -0.15) is 0 Å². The number of carbonyl (C=O) groups excluding carboxylic acids is 3. The summed E-state index contributed by atoms with van der Waals surface area (Å²) < 4.78 is 9.16. The third-order valence-electron chi connectivity index (χ3n) is 2.92. The molecule has 0 aromatic heterocycles. The maximum absolute atomic E-state index is 12.1. The SMILES string of the molecule is COC(=O)C(C(=O)OC)=C1C(=O)C=Cc2ccccc21. The van der Waals surface area contributed by atoms with E-state index >= 15 is 0 Å². The van der Waals surface area contributed by atoms with Gasteiger partial charge in [0.05, 0.1) is 19.8 Å². The van der Waals surface area contributed by atoms with E-state index in [1.807, 2.05) is 0 Å². The van der Waals surface area contributed by atoms with Crippen molar-refractivity contribution in [2.45, 2.75) is 0 Å². The number of allylic oxidation sites excluding steroid dienone is 2. The highest BCUT2D eigenvalue weighted by molar-refractivity contribution is 6.38. The van der Waals surface area contributed by atoms with Gasteiger partial charge in [0.2, 0.25) is 0 Å². The van der Waals surface area contributed by atoms with Crippen molar-refractivity contribution >= 4 is 29.4 Å². The topological polar surface area (TPSA) is 69.7 Å². The predicted octanol–water partition coefficient (Wildman–Crippen LogP) is 1.38. The van der Waals surface area contributed by atoms with Gasteiger partial charge in [0.15, 0.2) is 11.4 Å². The standard InChI is InChI=1S/C15H12O5/c1-19-14(17)13(15(18)20-2)12-10-6-4-3-5-9(10)7-8-11(12)16/h3-8H,1-2H3. The average molecular weight is 272 g/mol. The Morgan fingerprint density at radius 2 is 1.55 bits per heavy atom. The molecule has 1 aromatic rings. The van der Waals surface area contributed by atoms with Crippen molar-refractivity contribution in [2.24, 2.45) is 0 Å². The smallest absolute Gasteiger partial charge is 0.346 e. The van der Waals surface area contributed by atoms with Gasteiger partial charge in [-0.1, -0.05) is 30.3 Å². The van der Waals surface area contributed by atoms with Crippen LogP contribution < -0.4 is 0 Å². The van der Waals surface area contributed by atoms with Gasteiger partial charge < -0.3 is 9.47 Å². The minimum Gasteiger partial charge on any atom is -0.465 e. The van der Waals surface area contributed by atoms with Gasteiger partial charge in [-0.3, -0.25) is 4.79 Å². The molecule has 1 aliphatic carbocycles. The Kier molecular flexibility index (Phi) is 3.79. The summed E-state index contributed by atoms with van der Waals surface area (Å²) in [6.07, 6.45) is 2.94. The van der Waals surface area contributed by atoms with Crippen LogP contribution >= 0.6 is 0 Å². The monoisotopic (exact) mass is 272 g/mol. The van der Waals surface area contributed by atoms with E-state index in [0.29, 0.717) is 5.56 Å². The summed E-state index contributed by atoms with van der Waals surface area (Å²) in [5.74, 6) is -2.23. The van der Waals surface area contributed by atoms with Gasteiger partial charge in [-0.15, -0.1) is 0 Å². The number of rotatable bonds is 2. The second-order valence-electron chi connectivity index (χ2n) is 4.02. The number of esters is 2. The van der Waals surface area contributed by atoms with Crippen molar-refractivity contribution in [3.63, 3.8) is 0 Å². The van der Waals surface area contributed by atoms with E-state index in [9.17, 15) is 14.4 Å². The molecule has 102 valence electrons. The number of carbonyl (C=O) groups is 3. The number of benzene rings is 1. The van der Waals surface area contributed by atoms with Gasteiger partial charge in [0.25, 0.3) is 0 Å². The zero-order chi connectivity index (χ0) is 14.7. The van der Waals surface area contributed by atoms with Crippen LogP contribution in [0.15, 0.2) is 35.9 Å². The minimum absolute atomic E-state index is 0.00167. The van der Waals surface area contributed by atoms with Crippen LogP contribution in [0.3, 0.4) is 0 Å². The Morgan fingerprint density at radius 1 is 0.950 bits per heavy atom. The number of hydrogen-bond acceptors (Lipinski definition) is 5. The Hall–Kier alpha value is -2.69. The molecule has 0 radical (unpaired) electrons. The molecule has 0 spiro atoms. The molecule has 0 fully saturated rings. The Morgan fingerprint density at radius 3 is 2.15 bits per heavy atom. The number of ether oxygens (including phenoxy) is 2. The Bertz CT molecular complexity index is 634. The molecule has 0 atom stereocenters. The second kappa shape index (κ2) is 5.52. The van der Waals surface area contributed by atoms with E-state index in [1.165, 1.54) is 6.08 Å². The van der Waals surface area contributed by atoms with E-state index in [4.69, 9.17) is 0 Å². The fourth-order valence-electron chi connectivity index (χ4n) is 2.00. The van der Waals surface area contributed by atoms with E-state index in [-0.39, 0.29) is 5.57 Å². The van der Waals surface area contributed by atoms with E-state index in [0.717, 1.165) is 19.8 Å². The molecular formula is C15H12O5. The molecule has 0 N–H and O–H groups in total. The molecule has 0 aliphatic heterocycles. The quantitative estimate of drug-likeness (QED) is 0.352. The molecule has 0 heterocycles. The van der Waals surface area contributed by atoms with Crippen LogP contribution in [0.25, 0.3) is 11.6 Å². The highest BCUT2D eigenvalue weighted by atomic mass is 16.5. The highest BCUT2D eigenvalue weighted by Crippen LogP contribution is 2.30. The zero-order valence-corrected chi connectivity index (χ0v) is 11.0. The summed E-state index contributed by atoms with van der Waals surface area (Å²) in [5, 5.41) is 0. The lowest BCUT2D eigenvalue weighted by atomic mass is 9.88. The predicted molar refractivity (Wildman–Crippen MR) is 71.4 cm³/mol. The number of methoxy groups -OCH3 is 2. The van der Waals surface area contributed by atoms with Crippen LogP contribution in [-0.2, 0) is 23.9 Å². The molecule has 2 rings (SSSR count). The molecule has 0 amide bonds. The number of hydrogen-bond donors (Lipinski definition) is 0. The third-order valence-corrected chi connectivity index (χ3v) is 2.92. The molecule has 1 aromatic carbocycles. The lowest BCUT2D eigenvalue weighted by Gasteiger charge is -2.15. The number of fused-ring (bicyclic) bond motifs is 1. The minimum atomic E-state index is -0.898. The summed E-state index contributed by atoms with van der Waals surface area (Å²) in [5.41, 5.74) is 0.858. The maximum Gasteiger partial charge on any atom is 0.346 e. The van der Waals surface area contributed by atoms with Crippen molar-refractivity contribution < 1.29 is 23.9 Å². The van der Waals surface area contributed by atoms with Gasteiger partial charge in [0, 0.05) is 0 Å². The van der Waals surface area contributed by atoms with Crippen LogP contribution in [0.4, 0.5) is 0 Å². The van der Waals surface area contributed by atoms with Crippen molar-refractivity contribution in [1.82, 2.24) is 0 Å². The third kappa shape index (κ3) is 2.25. The molecule has 5 heteroatoms. The van der Waals surface area contributed by atoms with E-state index in [2.05, 4.69) is 9.47 Å². The first kappa shape index (κ1) is 13.7. The van der Waals surface area contributed by atoms with Crippen molar-refractivity contribution in [2.75, 3.05) is 14.2 Å². The highest BCUT2D eigenvalue weighted by Gasteiger charge is 2.31. The van der Waals surface area contributed by atoms with Crippen molar-refractivity contribution in [3.8, 4) is 0 Å². The molecule has 0 saturated heterocycles. The summed E-state index contributed by atoms with van der Waals surface area (Å²) in [6.45, 7) is 0. The van der Waals surface area contributed by atoms with Gasteiger partial charge in [0.1, 0.15) is 0 Å². The lowest BCUT2D eigenvalue weighted by molar-refractivity contribution is -0.144. The summed E-state index contributed by atoms with van der Waals surface area (Å²) >= 11 is 0. The fraction of sp³-hybridized carbons (Fsp3) is 0.133. The maximum atomic E-state index is 12.1. The number of ketones is 1.